The maximum Gasteiger partial charge on any atom is 0.306 e. The van der Waals surface area contributed by atoms with E-state index in [1.165, 1.54) is 0 Å². The summed E-state index contributed by atoms with van der Waals surface area (Å²) < 4.78 is 5.61. The molecule has 0 aromatic heterocycles. The van der Waals surface area contributed by atoms with Crippen molar-refractivity contribution >= 4 is 27.7 Å². The van der Waals surface area contributed by atoms with Gasteiger partial charge in [-0.2, -0.15) is 0 Å². The molecule has 0 aliphatic carbocycles. The van der Waals surface area contributed by atoms with Crippen molar-refractivity contribution in [1.29, 1.82) is 0 Å². The number of hydrogen-bond donors (Lipinski definition) is 0. The minimum atomic E-state index is -0.328. The molecule has 0 N–H and O–H groups in total. The molecule has 0 radical (unpaired) electrons. The highest BCUT2D eigenvalue weighted by Crippen LogP contribution is 2.13. The summed E-state index contributed by atoms with van der Waals surface area (Å²) in [6.45, 7) is 2.10. The van der Waals surface area contributed by atoms with Crippen molar-refractivity contribution in [2.45, 2.75) is 19.8 Å². The number of halogens is 1. The molecule has 0 bridgehead atoms. The van der Waals surface area contributed by atoms with Crippen molar-refractivity contribution in [3.05, 3.63) is 34.3 Å². The van der Waals surface area contributed by atoms with Crippen molar-refractivity contribution in [1.82, 2.24) is 0 Å². The Hall–Kier alpha value is -1.16. The summed E-state index contributed by atoms with van der Waals surface area (Å²) >= 11 is 3.29. The van der Waals surface area contributed by atoms with Crippen molar-refractivity contribution in [3.8, 4) is 0 Å². The first-order valence-corrected chi connectivity index (χ1v) is 5.87. The quantitative estimate of drug-likeness (QED) is 0.617. The molecule has 1 aromatic rings. The molecule has 1 aromatic carbocycles. The van der Waals surface area contributed by atoms with Gasteiger partial charge in [0.2, 0.25) is 0 Å². The molecule has 0 aliphatic heterocycles. The Morgan fingerprint density at radius 2 is 2.06 bits per heavy atom. The highest BCUT2D eigenvalue weighted by atomic mass is 79.9. The van der Waals surface area contributed by atoms with Gasteiger partial charge in [0.1, 0.15) is 0 Å². The molecule has 0 aliphatic rings. The van der Waals surface area contributed by atoms with Gasteiger partial charge >= 0.3 is 5.97 Å². The van der Waals surface area contributed by atoms with E-state index in [4.69, 9.17) is 4.74 Å². The van der Waals surface area contributed by atoms with Crippen LogP contribution in [0.2, 0.25) is 0 Å². The smallest absolute Gasteiger partial charge is 0.306 e. The van der Waals surface area contributed by atoms with Crippen molar-refractivity contribution in [2.24, 2.45) is 0 Å². The molecule has 1 rings (SSSR count). The Kier molecular flexibility index (Phi) is 5.19. The van der Waals surface area contributed by atoms with Gasteiger partial charge in [0.25, 0.3) is 0 Å². The molecule has 0 heterocycles. The molecular weight excluding hydrogens is 272 g/mol. The summed E-state index contributed by atoms with van der Waals surface area (Å²) in [4.78, 5) is 22.7. The lowest BCUT2D eigenvalue weighted by Gasteiger charge is -2.02. The molecule has 0 saturated heterocycles. The Morgan fingerprint density at radius 3 is 2.69 bits per heavy atom. The van der Waals surface area contributed by atoms with Crippen LogP contribution in [0, 0.1) is 0 Å². The van der Waals surface area contributed by atoms with Gasteiger partial charge in [-0.1, -0.05) is 28.1 Å². The fraction of sp³-hybridized carbons (Fsp3) is 0.333. The molecule has 0 saturated carbocycles. The maximum atomic E-state index is 11.7. The highest BCUT2D eigenvalue weighted by Gasteiger charge is 2.09. The van der Waals surface area contributed by atoms with E-state index in [1.54, 1.807) is 25.1 Å². The molecule has 0 fully saturated rings. The number of ketones is 1. The van der Waals surface area contributed by atoms with Crippen LogP contribution in [0.5, 0.6) is 0 Å². The number of carbonyl (C=O) groups is 2. The van der Waals surface area contributed by atoms with Crippen LogP contribution in [0.3, 0.4) is 0 Å². The summed E-state index contributed by atoms with van der Waals surface area (Å²) in [5.74, 6) is -0.375. The van der Waals surface area contributed by atoms with E-state index in [-0.39, 0.29) is 24.6 Å². The van der Waals surface area contributed by atoms with E-state index >= 15 is 0 Å². The molecule has 16 heavy (non-hydrogen) atoms. The first-order chi connectivity index (χ1) is 7.63. The number of esters is 1. The lowest BCUT2D eigenvalue weighted by molar-refractivity contribution is -0.143. The number of Topliss-reactive ketones (excluding diaryl/α,β-unsaturated/α-hetero) is 1. The third-order valence-electron chi connectivity index (χ3n) is 2.01. The Labute approximate surface area is 103 Å². The third kappa shape index (κ3) is 4.14. The second-order valence-corrected chi connectivity index (χ2v) is 4.15. The molecule has 4 heteroatoms. The predicted molar refractivity (Wildman–Crippen MR) is 64.3 cm³/mol. The van der Waals surface area contributed by atoms with Crippen LogP contribution in [0.4, 0.5) is 0 Å². The van der Waals surface area contributed by atoms with Crippen LogP contribution in [0.25, 0.3) is 0 Å². The molecular formula is C12H13BrO3. The van der Waals surface area contributed by atoms with Gasteiger partial charge in [0.15, 0.2) is 5.78 Å². The second kappa shape index (κ2) is 6.43. The van der Waals surface area contributed by atoms with E-state index in [0.29, 0.717) is 12.2 Å². The third-order valence-corrected chi connectivity index (χ3v) is 2.50. The molecule has 0 unspecified atom stereocenters. The number of ether oxygens (including phenoxy) is 1. The van der Waals surface area contributed by atoms with E-state index in [1.807, 2.05) is 6.07 Å². The van der Waals surface area contributed by atoms with Gasteiger partial charge in [-0.05, 0) is 19.1 Å². The maximum absolute atomic E-state index is 11.7. The van der Waals surface area contributed by atoms with E-state index in [0.717, 1.165) is 4.47 Å². The monoisotopic (exact) mass is 284 g/mol. The molecule has 0 atom stereocenters. The average molecular weight is 285 g/mol. The summed E-state index contributed by atoms with van der Waals surface area (Å²) in [7, 11) is 0. The van der Waals surface area contributed by atoms with Crippen LogP contribution >= 0.6 is 15.9 Å². The lowest BCUT2D eigenvalue weighted by atomic mass is 10.1. The zero-order valence-electron chi connectivity index (χ0n) is 9.03. The van der Waals surface area contributed by atoms with Crippen LogP contribution in [0.15, 0.2) is 28.7 Å². The lowest BCUT2D eigenvalue weighted by Crippen LogP contribution is -2.07. The van der Waals surface area contributed by atoms with Gasteiger partial charge in [0, 0.05) is 16.5 Å². The Morgan fingerprint density at radius 1 is 1.31 bits per heavy atom. The second-order valence-electron chi connectivity index (χ2n) is 3.24. The van der Waals surface area contributed by atoms with Gasteiger partial charge < -0.3 is 4.74 Å². The summed E-state index contributed by atoms with van der Waals surface area (Å²) in [6.07, 6.45) is 0.328. The summed E-state index contributed by atoms with van der Waals surface area (Å²) in [6, 6.07) is 7.12. The van der Waals surface area contributed by atoms with Gasteiger partial charge in [-0.3, -0.25) is 9.59 Å². The van der Waals surface area contributed by atoms with Crippen molar-refractivity contribution in [3.63, 3.8) is 0 Å². The number of hydrogen-bond acceptors (Lipinski definition) is 3. The van der Waals surface area contributed by atoms with Crippen molar-refractivity contribution in [2.75, 3.05) is 6.61 Å². The Bertz CT molecular complexity index is 388. The fourth-order valence-electron chi connectivity index (χ4n) is 1.26. The fourth-order valence-corrected chi connectivity index (χ4v) is 1.65. The Balaban J connectivity index is 2.50. The number of rotatable bonds is 5. The van der Waals surface area contributed by atoms with Crippen molar-refractivity contribution < 1.29 is 14.3 Å². The summed E-state index contributed by atoms with van der Waals surface area (Å²) in [5.41, 5.74) is 0.610. The standard InChI is InChI=1S/C12H13BrO3/c1-2-16-12(15)7-6-11(14)9-4-3-5-10(13)8-9/h3-5,8H,2,6-7H2,1H3. The van der Waals surface area contributed by atoms with Crippen LogP contribution in [-0.4, -0.2) is 18.4 Å². The van der Waals surface area contributed by atoms with Gasteiger partial charge in [0.05, 0.1) is 13.0 Å². The minimum Gasteiger partial charge on any atom is -0.466 e. The molecule has 3 nitrogen and oxygen atoms in total. The largest absolute Gasteiger partial charge is 0.466 e. The van der Waals surface area contributed by atoms with E-state index in [2.05, 4.69) is 15.9 Å². The van der Waals surface area contributed by atoms with E-state index in [9.17, 15) is 9.59 Å². The molecule has 0 amide bonds. The first-order valence-electron chi connectivity index (χ1n) is 5.08. The van der Waals surface area contributed by atoms with Crippen LogP contribution in [-0.2, 0) is 9.53 Å². The molecule has 0 spiro atoms. The normalized spacial score (nSPS) is 9.88. The first kappa shape index (κ1) is 12.9. The van der Waals surface area contributed by atoms with Crippen LogP contribution in [0.1, 0.15) is 30.1 Å². The topological polar surface area (TPSA) is 43.4 Å². The zero-order chi connectivity index (χ0) is 12.0. The summed E-state index contributed by atoms with van der Waals surface area (Å²) in [5, 5.41) is 0. The minimum absolute atomic E-state index is 0.0469. The van der Waals surface area contributed by atoms with Crippen LogP contribution < -0.4 is 0 Å². The highest BCUT2D eigenvalue weighted by molar-refractivity contribution is 9.10. The number of benzene rings is 1. The average Bonchev–Trinajstić information content (AvgIpc) is 2.26. The van der Waals surface area contributed by atoms with E-state index < -0.39 is 0 Å². The van der Waals surface area contributed by atoms with Gasteiger partial charge in [-0.15, -0.1) is 0 Å². The predicted octanol–water partition coefficient (Wildman–Crippen LogP) is 2.98. The molecule has 86 valence electrons. The number of carbonyl (C=O) groups excluding carboxylic acids is 2. The van der Waals surface area contributed by atoms with Gasteiger partial charge in [-0.25, -0.2) is 0 Å². The zero-order valence-corrected chi connectivity index (χ0v) is 10.6. The SMILES string of the molecule is CCOC(=O)CCC(=O)c1cccc(Br)c1.